The Balaban J connectivity index is 2.59. The lowest BCUT2D eigenvalue weighted by Crippen LogP contribution is -2.13. The third-order valence-corrected chi connectivity index (χ3v) is 3.31. The highest BCUT2D eigenvalue weighted by molar-refractivity contribution is 5.73. The predicted molar refractivity (Wildman–Crippen MR) is 78.6 cm³/mol. The minimum atomic E-state index is -0.00107. The molecule has 100 valence electrons. The van der Waals surface area contributed by atoms with Gasteiger partial charge >= 0.3 is 0 Å². The fourth-order valence-corrected chi connectivity index (χ4v) is 2.41. The van der Waals surface area contributed by atoms with Crippen molar-refractivity contribution in [3.8, 4) is 22.6 Å². The Bertz CT molecular complexity index is 607. The molecule has 2 heteroatoms. The van der Waals surface area contributed by atoms with Gasteiger partial charge in [-0.25, -0.2) is 0 Å². The minimum Gasteiger partial charge on any atom is -0.508 e. The van der Waals surface area contributed by atoms with E-state index in [2.05, 4.69) is 20.8 Å². The number of hydrogen-bond donors (Lipinski definition) is 2. The van der Waals surface area contributed by atoms with Crippen LogP contribution in [-0.2, 0) is 5.41 Å². The second-order valence-electron chi connectivity index (χ2n) is 5.98. The third kappa shape index (κ3) is 2.73. The molecular formula is C17H20O2. The number of hydrogen-bond acceptors (Lipinski definition) is 2. The quantitative estimate of drug-likeness (QED) is 0.795. The molecule has 0 bridgehead atoms. The maximum atomic E-state index is 10.2. The van der Waals surface area contributed by atoms with Crippen LogP contribution in [-0.4, -0.2) is 10.2 Å². The summed E-state index contributed by atoms with van der Waals surface area (Å²) in [5.41, 5.74) is 3.85. The van der Waals surface area contributed by atoms with Crippen molar-refractivity contribution >= 4 is 0 Å². The summed E-state index contributed by atoms with van der Waals surface area (Å²) in [7, 11) is 0. The van der Waals surface area contributed by atoms with Crippen LogP contribution < -0.4 is 0 Å². The zero-order valence-electron chi connectivity index (χ0n) is 11.9. The lowest BCUT2D eigenvalue weighted by Gasteiger charge is -2.23. The monoisotopic (exact) mass is 256 g/mol. The van der Waals surface area contributed by atoms with Gasteiger partial charge in [-0.3, -0.25) is 0 Å². The first-order chi connectivity index (χ1) is 8.79. The van der Waals surface area contributed by atoms with E-state index >= 15 is 0 Å². The summed E-state index contributed by atoms with van der Waals surface area (Å²) >= 11 is 0. The second-order valence-corrected chi connectivity index (χ2v) is 5.98. The highest BCUT2D eigenvalue weighted by Gasteiger charge is 2.19. The number of benzene rings is 2. The summed E-state index contributed by atoms with van der Waals surface area (Å²) in [4.78, 5) is 0. The molecule has 2 aromatic rings. The highest BCUT2D eigenvalue weighted by atomic mass is 16.3. The molecule has 0 saturated carbocycles. The highest BCUT2D eigenvalue weighted by Crippen LogP contribution is 2.37. The summed E-state index contributed by atoms with van der Waals surface area (Å²) in [5.74, 6) is 0.454. The summed E-state index contributed by atoms with van der Waals surface area (Å²) in [6, 6.07) is 10.7. The molecule has 0 aliphatic carbocycles. The van der Waals surface area contributed by atoms with Crippen molar-refractivity contribution in [3.05, 3.63) is 47.5 Å². The van der Waals surface area contributed by atoms with Gasteiger partial charge in [0.05, 0.1) is 0 Å². The standard InChI is InChI=1S/C17H20O2/c1-11-8-14(12-6-5-7-13(18)9-12)16(19)10-15(11)17(2,3)4/h5-10,18-19H,1-4H3. The molecule has 0 heterocycles. The fraction of sp³-hybridized carbons (Fsp3) is 0.294. The second kappa shape index (κ2) is 4.61. The molecule has 0 spiro atoms. The molecule has 0 atom stereocenters. The van der Waals surface area contributed by atoms with Crippen molar-refractivity contribution < 1.29 is 10.2 Å². The summed E-state index contributed by atoms with van der Waals surface area (Å²) in [6.07, 6.45) is 0. The van der Waals surface area contributed by atoms with Gasteiger partial charge in [0.15, 0.2) is 0 Å². The maximum absolute atomic E-state index is 10.2. The van der Waals surface area contributed by atoms with Gasteiger partial charge in [0.2, 0.25) is 0 Å². The van der Waals surface area contributed by atoms with Crippen molar-refractivity contribution in [2.75, 3.05) is 0 Å². The van der Waals surface area contributed by atoms with E-state index in [0.717, 1.165) is 22.3 Å². The van der Waals surface area contributed by atoms with Gasteiger partial charge in [0, 0.05) is 5.56 Å². The summed E-state index contributed by atoms with van der Waals surface area (Å²) in [6.45, 7) is 8.43. The summed E-state index contributed by atoms with van der Waals surface area (Å²) in [5, 5.41) is 19.8. The van der Waals surface area contributed by atoms with Crippen molar-refractivity contribution in [2.24, 2.45) is 0 Å². The Kier molecular flexibility index (Phi) is 3.27. The Morgan fingerprint density at radius 3 is 2.21 bits per heavy atom. The van der Waals surface area contributed by atoms with Gasteiger partial charge < -0.3 is 10.2 Å². The summed E-state index contributed by atoms with van der Waals surface area (Å²) < 4.78 is 0. The molecule has 0 aliphatic rings. The molecule has 0 fully saturated rings. The van der Waals surface area contributed by atoms with E-state index in [1.54, 1.807) is 18.2 Å². The number of aromatic hydroxyl groups is 2. The van der Waals surface area contributed by atoms with Crippen molar-refractivity contribution in [1.82, 2.24) is 0 Å². The smallest absolute Gasteiger partial charge is 0.123 e. The average molecular weight is 256 g/mol. The van der Waals surface area contributed by atoms with Crippen molar-refractivity contribution in [3.63, 3.8) is 0 Å². The van der Waals surface area contributed by atoms with E-state index in [1.807, 2.05) is 25.1 Å². The van der Waals surface area contributed by atoms with E-state index in [4.69, 9.17) is 0 Å². The molecule has 2 rings (SSSR count). The Labute approximate surface area is 114 Å². The van der Waals surface area contributed by atoms with Crippen LogP contribution in [0.2, 0.25) is 0 Å². The predicted octanol–water partition coefficient (Wildman–Crippen LogP) is 4.37. The molecule has 2 aromatic carbocycles. The maximum Gasteiger partial charge on any atom is 0.123 e. The van der Waals surface area contributed by atoms with Gasteiger partial charge in [-0.1, -0.05) is 32.9 Å². The normalized spacial score (nSPS) is 11.6. The topological polar surface area (TPSA) is 40.5 Å². The molecule has 0 amide bonds. The molecule has 0 aliphatic heterocycles. The lowest BCUT2D eigenvalue weighted by molar-refractivity contribution is 0.471. The average Bonchev–Trinajstić information content (AvgIpc) is 2.30. The first-order valence-corrected chi connectivity index (χ1v) is 6.42. The first kappa shape index (κ1) is 13.5. The van der Waals surface area contributed by atoms with Crippen LogP contribution in [0.5, 0.6) is 11.5 Å². The zero-order chi connectivity index (χ0) is 14.2. The number of aryl methyl sites for hydroxylation is 1. The number of rotatable bonds is 1. The van der Waals surface area contributed by atoms with Crippen LogP contribution >= 0.6 is 0 Å². The molecule has 0 unspecified atom stereocenters. The molecule has 0 aromatic heterocycles. The van der Waals surface area contributed by atoms with E-state index in [0.29, 0.717) is 0 Å². The van der Waals surface area contributed by atoms with Crippen LogP contribution in [0.25, 0.3) is 11.1 Å². The Hall–Kier alpha value is -1.96. The lowest BCUT2D eigenvalue weighted by atomic mass is 9.82. The fourth-order valence-electron chi connectivity index (χ4n) is 2.41. The first-order valence-electron chi connectivity index (χ1n) is 6.42. The van der Waals surface area contributed by atoms with Gasteiger partial charge in [0.25, 0.3) is 0 Å². The Morgan fingerprint density at radius 2 is 1.63 bits per heavy atom. The largest absolute Gasteiger partial charge is 0.508 e. The molecule has 19 heavy (non-hydrogen) atoms. The Morgan fingerprint density at radius 1 is 0.947 bits per heavy atom. The van der Waals surface area contributed by atoms with Crippen LogP contribution in [0.15, 0.2) is 36.4 Å². The van der Waals surface area contributed by atoms with Crippen LogP contribution in [0, 0.1) is 6.92 Å². The third-order valence-electron chi connectivity index (χ3n) is 3.31. The number of phenols is 2. The zero-order valence-corrected chi connectivity index (χ0v) is 11.9. The van der Waals surface area contributed by atoms with E-state index in [1.165, 1.54) is 0 Å². The van der Waals surface area contributed by atoms with E-state index in [9.17, 15) is 10.2 Å². The SMILES string of the molecule is Cc1cc(-c2cccc(O)c2)c(O)cc1C(C)(C)C. The van der Waals surface area contributed by atoms with Crippen molar-refractivity contribution in [1.29, 1.82) is 0 Å². The minimum absolute atomic E-state index is 0.00107. The van der Waals surface area contributed by atoms with Gasteiger partial charge in [0.1, 0.15) is 11.5 Å². The van der Waals surface area contributed by atoms with Crippen LogP contribution in [0.4, 0.5) is 0 Å². The van der Waals surface area contributed by atoms with E-state index < -0.39 is 0 Å². The molecule has 2 nitrogen and oxygen atoms in total. The van der Waals surface area contributed by atoms with Crippen LogP contribution in [0.3, 0.4) is 0 Å². The van der Waals surface area contributed by atoms with E-state index in [-0.39, 0.29) is 16.9 Å². The molecule has 2 N–H and O–H groups in total. The van der Waals surface area contributed by atoms with Gasteiger partial charge in [-0.15, -0.1) is 0 Å². The van der Waals surface area contributed by atoms with Crippen LogP contribution in [0.1, 0.15) is 31.9 Å². The van der Waals surface area contributed by atoms with Gasteiger partial charge in [-0.2, -0.15) is 0 Å². The van der Waals surface area contributed by atoms with Crippen molar-refractivity contribution in [2.45, 2.75) is 33.1 Å². The molecular weight excluding hydrogens is 236 g/mol. The van der Waals surface area contributed by atoms with Gasteiger partial charge in [-0.05, 0) is 53.3 Å². The molecule has 0 saturated heterocycles. The number of phenolic OH excluding ortho intramolecular Hbond substituents is 2. The molecule has 0 radical (unpaired) electrons.